The molecule has 32 heavy (non-hydrogen) atoms. The summed E-state index contributed by atoms with van der Waals surface area (Å²) in [6, 6.07) is 4.50. The van der Waals surface area contributed by atoms with Gasteiger partial charge in [0.05, 0.1) is 0 Å². The largest absolute Gasteiger partial charge is 0.356 e. The summed E-state index contributed by atoms with van der Waals surface area (Å²) < 4.78 is 0. The molecule has 2 aliphatic rings. The highest BCUT2D eigenvalue weighted by Crippen LogP contribution is 2.36. The van der Waals surface area contributed by atoms with E-state index >= 15 is 0 Å². The number of hydrogen-bond donors (Lipinski definition) is 3. The highest BCUT2D eigenvalue weighted by atomic mass is 127. The molecule has 2 fully saturated rings. The second kappa shape index (κ2) is 12.2. The lowest BCUT2D eigenvalue weighted by atomic mass is 9.88. The number of carbonyl (C=O) groups excluding carboxylic acids is 2. The van der Waals surface area contributed by atoms with E-state index in [4.69, 9.17) is 0 Å². The predicted molar refractivity (Wildman–Crippen MR) is 141 cm³/mol. The van der Waals surface area contributed by atoms with Gasteiger partial charge in [0.25, 0.3) is 5.91 Å². The number of urea groups is 1. The Kier molecular flexibility index (Phi) is 10.2. The van der Waals surface area contributed by atoms with Gasteiger partial charge in [0.15, 0.2) is 5.96 Å². The number of likely N-dealkylation sites (tertiary alicyclic amines) is 1. The Morgan fingerprint density at radius 3 is 2.78 bits per heavy atom. The van der Waals surface area contributed by atoms with Crippen molar-refractivity contribution in [2.75, 3.05) is 40.3 Å². The van der Waals surface area contributed by atoms with E-state index in [1.165, 1.54) is 22.6 Å². The fourth-order valence-corrected chi connectivity index (χ4v) is 5.45. The number of amides is 3. The lowest BCUT2D eigenvalue weighted by molar-refractivity contribution is -0.130. The molecule has 8 nitrogen and oxygen atoms in total. The normalized spacial score (nSPS) is 26.6. The minimum atomic E-state index is -0.769. The van der Waals surface area contributed by atoms with Crippen LogP contribution in [0.3, 0.4) is 0 Å². The zero-order chi connectivity index (χ0) is 22.4. The van der Waals surface area contributed by atoms with Crippen molar-refractivity contribution in [1.82, 2.24) is 25.8 Å². The summed E-state index contributed by atoms with van der Waals surface area (Å²) in [5.41, 5.74) is -0.769. The maximum absolute atomic E-state index is 12.5. The number of imide groups is 1. The van der Waals surface area contributed by atoms with Crippen LogP contribution in [0.4, 0.5) is 4.79 Å². The molecule has 3 heterocycles. The van der Waals surface area contributed by atoms with Gasteiger partial charge >= 0.3 is 6.03 Å². The summed E-state index contributed by atoms with van der Waals surface area (Å²) in [5, 5.41) is 11.7. The van der Waals surface area contributed by atoms with Crippen LogP contribution >= 0.6 is 35.3 Å². The zero-order valence-corrected chi connectivity index (χ0v) is 22.7. The van der Waals surface area contributed by atoms with E-state index < -0.39 is 5.54 Å². The lowest BCUT2D eigenvalue weighted by Gasteiger charge is -2.39. The number of aliphatic imine (C=N–C) groups is 1. The van der Waals surface area contributed by atoms with Gasteiger partial charge in [-0.25, -0.2) is 4.79 Å². The minimum Gasteiger partial charge on any atom is -0.356 e. The SMILES string of the molecule is CCC1(C)NC(=O)N(CCCNC(=NC)NCC2CCCN(C)C2c2cccs2)C1=O.I. The van der Waals surface area contributed by atoms with Crippen LogP contribution in [0.25, 0.3) is 0 Å². The topological polar surface area (TPSA) is 89.1 Å². The molecule has 1 aromatic rings. The van der Waals surface area contributed by atoms with Crippen LogP contribution in [0.2, 0.25) is 0 Å². The van der Waals surface area contributed by atoms with E-state index in [1.54, 1.807) is 14.0 Å². The van der Waals surface area contributed by atoms with E-state index in [0.717, 1.165) is 19.0 Å². The standard InChI is InChI=1S/C22H36N6O2S.HI/c1-5-22(2)19(29)28(21(30)26-22)13-8-11-24-20(23-3)25-15-16-9-6-12-27(4)18(16)17-10-7-14-31-17;/h7,10,14,16,18H,5-6,8-9,11-13,15H2,1-4H3,(H,26,30)(H2,23,24,25);1H. The maximum atomic E-state index is 12.5. The van der Waals surface area contributed by atoms with Crippen molar-refractivity contribution >= 4 is 53.2 Å². The number of carbonyl (C=O) groups is 2. The van der Waals surface area contributed by atoms with Crippen LogP contribution in [0.15, 0.2) is 22.5 Å². The molecule has 0 aromatic carbocycles. The van der Waals surface area contributed by atoms with Gasteiger partial charge in [0.2, 0.25) is 0 Å². The van der Waals surface area contributed by atoms with Gasteiger partial charge in [-0.3, -0.25) is 19.6 Å². The van der Waals surface area contributed by atoms with Crippen molar-refractivity contribution < 1.29 is 9.59 Å². The van der Waals surface area contributed by atoms with Crippen molar-refractivity contribution in [3.05, 3.63) is 22.4 Å². The van der Waals surface area contributed by atoms with Crippen LogP contribution in [0, 0.1) is 5.92 Å². The van der Waals surface area contributed by atoms with Crippen molar-refractivity contribution in [3.63, 3.8) is 0 Å². The highest BCUT2D eigenvalue weighted by molar-refractivity contribution is 14.0. The molecule has 0 aliphatic carbocycles. The lowest BCUT2D eigenvalue weighted by Crippen LogP contribution is -2.45. The molecule has 2 aliphatic heterocycles. The molecule has 3 rings (SSSR count). The second-order valence-electron chi connectivity index (χ2n) is 8.65. The van der Waals surface area contributed by atoms with Crippen molar-refractivity contribution in [2.24, 2.45) is 10.9 Å². The molecule has 0 spiro atoms. The van der Waals surface area contributed by atoms with Gasteiger partial charge in [-0.2, -0.15) is 0 Å². The van der Waals surface area contributed by atoms with Crippen molar-refractivity contribution in [1.29, 1.82) is 0 Å². The Labute approximate surface area is 212 Å². The van der Waals surface area contributed by atoms with Gasteiger partial charge < -0.3 is 16.0 Å². The Morgan fingerprint density at radius 2 is 2.16 bits per heavy atom. The summed E-state index contributed by atoms with van der Waals surface area (Å²) in [4.78, 5) is 34.1. The molecule has 2 saturated heterocycles. The third-order valence-electron chi connectivity index (χ3n) is 6.50. The van der Waals surface area contributed by atoms with E-state index in [1.807, 2.05) is 18.3 Å². The molecule has 1 aromatic heterocycles. The van der Waals surface area contributed by atoms with Crippen LogP contribution in [0.5, 0.6) is 0 Å². The number of piperidine rings is 1. The van der Waals surface area contributed by atoms with Crippen LogP contribution in [-0.4, -0.2) is 73.5 Å². The zero-order valence-electron chi connectivity index (χ0n) is 19.5. The van der Waals surface area contributed by atoms with E-state index in [-0.39, 0.29) is 35.9 Å². The quantitative estimate of drug-likeness (QED) is 0.146. The van der Waals surface area contributed by atoms with Crippen LogP contribution in [-0.2, 0) is 4.79 Å². The monoisotopic (exact) mass is 576 g/mol. The Morgan fingerprint density at radius 1 is 1.38 bits per heavy atom. The summed E-state index contributed by atoms with van der Waals surface area (Å²) in [5.74, 6) is 1.14. The fraction of sp³-hybridized carbons (Fsp3) is 0.682. The van der Waals surface area contributed by atoms with Gasteiger partial charge in [0.1, 0.15) is 5.54 Å². The van der Waals surface area contributed by atoms with Gasteiger partial charge in [-0.05, 0) is 63.6 Å². The van der Waals surface area contributed by atoms with E-state index in [2.05, 4.69) is 50.4 Å². The first-order valence-electron chi connectivity index (χ1n) is 11.2. The van der Waals surface area contributed by atoms with Gasteiger partial charge in [-0.1, -0.05) is 13.0 Å². The van der Waals surface area contributed by atoms with Crippen molar-refractivity contribution in [3.8, 4) is 0 Å². The molecule has 0 bridgehead atoms. The molecule has 180 valence electrons. The van der Waals surface area contributed by atoms with Crippen molar-refractivity contribution in [2.45, 2.75) is 51.1 Å². The number of halogens is 1. The first-order chi connectivity index (χ1) is 14.9. The molecule has 0 saturated carbocycles. The van der Waals surface area contributed by atoms with E-state index in [9.17, 15) is 9.59 Å². The number of nitrogens with one attached hydrogen (secondary N) is 3. The number of thiophene rings is 1. The minimum absolute atomic E-state index is 0. The number of guanidine groups is 1. The maximum Gasteiger partial charge on any atom is 0.325 e. The summed E-state index contributed by atoms with van der Waals surface area (Å²) >= 11 is 1.83. The fourth-order valence-electron chi connectivity index (χ4n) is 4.46. The molecular formula is C22H37IN6O2S. The second-order valence-corrected chi connectivity index (χ2v) is 9.63. The predicted octanol–water partition coefficient (Wildman–Crippen LogP) is 3.02. The molecule has 3 amide bonds. The Hall–Kier alpha value is -1.40. The van der Waals surface area contributed by atoms with Crippen LogP contribution in [0.1, 0.15) is 50.4 Å². The molecule has 3 unspecified atom stereocenters. The number of nitrogens with zero attached hydrogens (tertiary/aromatic N) is 3. The molecule has 0 radical (unpaired) electrons. The van der Waals surface area contributed by atoms with E-state index in [0.29, 0.717) is 37.9 Å². The Balaban J connectivity index is 0.00000363. The molecule has 10 heteroatoms. The average molecular weight is 577 g/mol. The molecule has 3 N–H and O–H groups in total. The third kappa shape index (κ3) is 6.13. The summed E-state index contributed by atoms with van der Waals surface area (Å²) in [7, 11) is 3.98. The van der Waals surface area contributed by atoms with Gasteiger partial charge in [0, 0.05) is 37.6 Å². The first kappa shape index (κ1) is 26.8. The third-order valence-corrected chi connectivity index (χ3v) is 7.44. The first-order valence-corrected chi connectivity index (χ1v) is 12.1. The highest BCUT2D eigenvalue weighted by Gasteiger charge is 2.45. The summed E-state index contributed by atoms with van der Waals surface area (Å²) in [6.45, 7) is 6.71. The average Bonchev–Trinajstić information content (AvgIpc) is 3.36. The smallest absolute Gasteiger partial charge is 0.325 e. The Bertz CT molecular complexity index is 789. The van der Waals surface area contributed by atoms with Gasteiger partial charge in [-0.15, -0.1) is 35.3 Å². The summed E-state index contributed by atoms with van der Waals surface area (Å²) in [6.07, 6.45) is 3.66. The molecular weight excluding hydrogens is 539 g/mol. The number of rotatable bonds is 8. The molecule has 3 atom stereocenters. The number of hydrogen-bond acceptors (Lipinski definition) is 5. The van der Waals surface area contributed by atoms with Crippen LogP contribution < -0.4 is 16.0 Å².